The molecule has 2 rings (SSSR count). The van der Waals surface area contributed by atoms with Crippen LogP contribution in [-0.2, 0) is 11.2 Å². The Morgan fingerprint density at radius 2 is 1.76 bits per heavy atom. The molecule has 0 aliphatic carbocycles. The maximum atomic E-state index is 12.1. The number of nitrogens with one attached hydrogen (secondary N) is 1. The predicted octanol–water partition coefficient (Wildman–Crippen LogP) is 3.23. The second-order valence-corrected chi connectivity index (χ2v) is 6.36. The lowest BCUT2D eigenvalue weighted by molar-refractivity contribution is -0.127. The van der Waals surface area contributed by atoms with Gasteiger partial charge in [0.25, 0.3) is 5.91 Å². The van der Waals surface area contributed by atoms with Crippen LogP contribution in [0.1, 0.15) is 22.8 Å². The average Bonchev–Trinajstić information content (AvgIpc) is 2.62. The molecule has 0 bridgehead atoms. The zero-order valence-corrected chi connectivity index (χ0v) is 15.0. The number of carbonyl (C=O) groups excluding carboxylic acids is 1. The van der Waals surface area contributed by atoms with Gasteiger partial charge in [-0.25, -0.2) is 4.79 Å². The Balaban J connectivity index is 1.77. The van der Waals surface area contributed by atoms with Crippen LogP contribution in [0.15, 0.2) is 53.4 Å². The summed E-state index contributed by atoms with van der Waals surface area (Å²) >= 11 is 1.65. The maximum Gasteiger partial charge on any atom is 0.335 e. The van der Waals surface area contributed by atoms with Crippen molar-refractivity contribution in [3.8, 4) is 5.75 Å². The second kappa shape index (κ2) is 9.13. The number of carboxylic acids is 1. The molecule has 2 N–H and O–H groups in total. The van der Waals surface area contributed by atoms with Crippen LogP contribution in [0.3, 0.4) is 0 Å². The van der Waals surface area contributed by atoms with E-state index in [2.05, 4.69) is 5.32 Å². The van der Waals surface area contributed by atoms with Crippen molar-refractivity contribution in [2.45, 2.75) is 24.3 Å². The molecule has 2 aromatic rings. The third-order valence-electron chi connectivity index (χ3n) is 3.66. The molecular formula is C19H21NO4S. The van der Waals surface area contributed by atoms with Crippen LogP contribution in [0.5, 0.6) is 5.75 Å². The Labute approximate surface area is 151 Å². The Kier molecular flexibility index (Phi) is 6.89. The van der Waals surface area contributed by atoms with Crippen molar-refractivity contribution in [1.82, 2.24) is 5.32 Å². The minimum absolute atomic E-state index is 0.184. The number of carbonyl (C=O) groups is 2. The van der Waals surface area contributed by atoms with Crippen molar-refractivity contribution >= 4 is 23.6 Å². The molecule has 0 aliphatic rings. The summed E-state index contributed by atoms with van der Waals surface area (Å²) in [7, 11) is 0. The number of benzene rings is 2. The molecular weight excluding hydrogens is 338 g/mol. The molecule has 0 spiro atoms. The summed E-state index contributed by atoms with van der Waals surface area (Å²) in [5, 5.41) is 11.7. The Hall–Kier alpha value is -2.47. The van der Waals surface area contributed by atoms with E-state index in [0.717, 1.165) is 10.5 Å². The first-order valence-corrected chi connectivity index (χ1v) is 9.12. The zero-order chi connectivity index (χ0) is 18.2. The number of hydrogen-bond donors (Lipinski definition) is 2. The minimum Gasteiger partial charge on any atom is -0.481 e. The number of carboxylic acid groups (broad SMARTS) is 1. The molecule has 2 aromatic carbocycles. The number of aromatic carboxylic acids is 1. The fraction of sp³-hybridized carbons (Fsp3) is 0.263. The third-order valence-corrected chi connectivity index (χ3v) is 4.40. The van der Waals surface area contributed by atoms with Crippen LogP contribution in [-0.4, -0.2) is 35.9 Å². The first-order valence-electron chi connectivity index (χ1n) is 7.90. The topological polar surface area (TPSA) is 75.6 Å². The highest BCUT2D eigenvalue weighted by Crippen LogP contribution is 2.19. The van der Waals surface area contributed by atoms with Gasteiger partial charge in [0.05, 0.1) is 5.56 Å². The van der Waals surface area contributed by atoms with Crippen LogP contribution >= 0.6 is 11.8 Å². The molecule has 0 radical (unpaired) electrons. The van der Waals surface area contributed by atoms with Crippen LogP contribution in [0, 0.1) is 0 Å². The molecule has 6 heteroatoms. The van der Waals surface area contributed by atoms with Gasteiger partial charge in [-0.3, -0.25) is 4.79 Å². The fourth-order valence-corrected chi connectivity index (χ4v) is 2.61. The summed E-state index contributed by atoms with van der Waals surface area (Å²) in [5.74, 6) is -0.475. The molecule has 5 nitrogen and oxygen atoms in total. The van der Waals surface area contributed by atoms with Crippen molar-refractivity contribution < 1.29 is 19.4 Å². The average molecular weight is 359 g/mol. The van der Waals surface area contributed by atoms with E-state index >= 15 is 0 Å². The Bertz CT molecular complexity index is 713. The van der Waals surface area contributed by atoms with Gasteiger partial charge in [-0.05, 0) is 61.6 Å². The normalized spacial score (nSPS) is 11.6. The highest BCUT2D eigenvalue weighted by molar-refractivity contribution is 7.98. The van der Waals surface area contributed by atoms with E-state index in [4.69, 9.17) is 9.84 Å². The summed E-state index contributed by atoms with van der Waals surface area (Å²) in [5.41, 5.74) is 1.22. The van der Waals surface area contributed by atoms with Crippen molar-refractivity contribution in [1.29, 1.82) is 0 Å². The lowest BCUT2D eigenvalue weighted by atomic mass is 10.1. The lowest BCUT2D eigenvalue weighted by Gasteiger charge is -2.15. The summed E-state index contributed by atoms with van der Waals surface area (Å²) < 4.78 is 5.63. The molecule has 0 heterocycles. The Morgan fingerprint density at radius 3 is 2.32 bits per heavy atom. The largest absolute Gasteiger partial charge is 0.481 e. The maximum absolute atomic E-state index is 12.1. The van der Waals surface area contributed by atoms with Crippen LogP contribution < -0.4 is 10.1 Å². The van der Waals surface area contributed by atoms with Crippen molar-refractivity contribution in [3.63, 3.8) is 0 Å². The summed E-state index contributed by atoms with van der Waals surface area (Å²) in [4.78, 5) is 24.0. The van der Waals surface area contributed by atoms with E-state index in [-0.39, 0.29) is 11.5 Å². The van der Waals surface area contributed by atoms with Crippen LogP contribution in [0.2, 0.25) is 0 Å². The molecule has 132 valence electrons. The zero-order valence-electron chi connectivity index (χ0n) is 14.2. The third kappa shape index (κ3) is 5.83. The quantitative estimate of drug-likeness (QED) is 0.708. The van der Waals surface area contributed by atoms with Crippen LogP contribution in [0.4, 0.5) is 0 Å². The molecule has 0 fully saturated rings. The van der Waals surface area contributed by atoms with Gasteiger partial charge >= 0.3 is 5.97 Å². The van der Waals surface area contributed by atoms with Gasteiger partial charge < -0.3 is 15.2 Å². The van der Waals surface area contributed by atoms with Gasteiger partial charge in [0.15, 0.2) is 6.10 Å². The number of rotatable bonds is 8. The van der Waals surface area contributed by atoms with Crippen molar-refractivity contribution in [3.05, 3.63) is 59.7 Å². The van der Waals surface area contributed by atoms with E-state index in [1.165, 1.54) is 0 Å². The van der Waals surface area contributed by atoms with E-state index in [0.29, 0.717) is 18.7 Å². The van der Waals surface area contributed by atoms with Crippen LogP contribution in [0.25, 0.3) is 0 Å². The molecule has 0 saturated carbocycles. The van der Waals surface area contributed by atoms with Crippen molar-refractivity contribution in [2.75, 3.05) is 12.8 Å². The monoisotopic (exact) mass is 359 g/mol. The Morgan fingerprint density at radius 1 is 1.12 bits per heavy atom. The van der Waals surface area contributed by atoms with Gasteiger partial charge in [0, 0.05) is 11.4 Å². The second-order valence-electron chi connectivity index (χ2n) is 5.48. The molecule has 1 amide bonds. The summed E-state index contributed by atoms with van der Waals surface area (Å²) in [6.07, 6.45) is 2.04. The van der Waals surface area contributed by atoms with E-state index in [1.54, 1.807) is 43.0 Å². The van der Waals surface area contributed by atoms with Gasteiger partial charge in [-0.15, -0.1) is 11.8 Å². The smallest absolute Gasteiger partial charge is 0.335 e. The lowest BCUT2D eigenvalue weighted by Crippen LogP contribution is -2.37. The number of ether oxygens (including phenoxy) is 1. The first kappa shape index (κ1) is 18.9. The standard InChI is InChI=1S/C19H21NO4S/c1-13(24-16-7-9-17(25-2)10-8-16)18(21)20-12-11-14-3-5-15(6-4-14)19(22)23/h3-10,13H,11-12H2,1-2H3,(H,20,21)(H,22,23). The highest BCUT2D eigenvalue weighted by atomic mass is 32.2. The first-order chi connectivity index (χ1) is 12.0. The van der Waals surface area contributed by atoms with E-state index in [9.17, 15) is 9.59 Å². The van der Waals surface area contributed by atoms with Gasteiger partial charge in [0.2, 0.25) is 0 Å². The number of thioether (sulfide) groups is 1. The molecule has 0 aromatic heterocycles. The molecule has 0 saturated heterocycles. The number of hydrogen-bond acceptors (Lipinski definition) is 4. The molecule has 1 atom stereocenters. The number of amides is 1. The van der Waals surface area contributed by atoms with E-state index in [1.807, 2.05) is 30.5 Å². The van der Waals surface area contributed by atoms with Gasteiger partial charge in [0.1, 0.15) is 5.75 Å². The SMILES string of the molecule is CSc1ccc(OC(C)C(=O)NCCc2ccc(C(=O)O)cc2)cc1. The van der Waals surface area contributed by atoms with Gasteiger partial charge in [-0.2, -0.15) is 0 Å². The summed E-state index contributed by atoms with van der Waals surface area (Å²) in [6, 6.07) is 14.2. The molecule has 0 aliphatic heterocycles. The van der Waals surface area contributed by atoms with Crippen molar-refractivity contribution in [2.24, 2.45) is 0 Å². The minimum atomic E-state index is -0.948. The predicted molar refractivity (Wildman–Crippen MR) is 98.4 cm³/mol. The van der Waals surface area contributed by atoms with Gasteiger partial charge in [-0.1, -0.05) is 12.1 Å². The fourth-order valence-electron chi connectivity index (χ4n) is 2.20. The van der Waals surface area contributed by atoms with E-state index < -0.39 is 12.1 Å². The highest BCUT2D eigenvalue weighted by Gasteiger charge is 2.14. The summed E-state index contributed by atoms with van der Waals surface area (Å²) in [6.45, 7) is 2.17. The molecule has 25 heavy (non-hydrogen) atoms. The molecule has 1 unspecified atom stereocenters.